The summed E-state index contributed by atoms with van der Waals surface area (Å²) in [5.41, 5.74) is 7.17. The van der Waals surface area contributed by atoms with Crippen LogP contribution in [0, 0.1) is 12.8 Å². The van der Waals surface area contributed by atoms with Crippen LogP contribution in [0.4, 0.5) is 17.1 Å². The molecule has 7 heteroatoms. The second kappa shape index (κ2) is 11.7. The van der Waals surface area contributed by atoms with Crippen LogP contribution < -0.4 is 20.9 Å². The van der Waals surface area contributed by atoms with E-state index in [1.165, 1.54) is 17.2 Å². The molecule has 1 unspecified atom stereocenters. The molecule has 4 rings (SSSR count). The fourth-order valence-electron chi connectivity index (χ4n) is 4.59. The second-order valence-electron chi connectivity index (χ2n) is 9.45. The van der Waals surface area contributed by atoms with Crippen molar-refractivity contribution in [2.45, 2.75) is 52.3 Å². The van der Waals surface area contributed by atoms with E-state index in [2.05, 4.69) is 90.9 Å². The number of hydrogen-bond donors (Lipinski definition) is 3. The average Bonchev–Trinajstić information content (AvgIpc) is 3.34. The number of anilines is 3. The Morgan fingerprint density at radius 1 is 1.25 bits per heavy atom. The van der Waals surface area contributed by atoms with Crippen molar-refractivity contribution in [3.05, 3.63) is 76.9 Å². The summed E-state index contributed by atoms with van der Waals surface area (Å²) in [5.74, 6) is 1.04. The summed E-state index contributed by atoms with van der Waals surface area (Å²) in [4.78, 5) is 19.6. The first-order chi connectivity index (χ1) is 17.4. The van der Waals surface area contributed by atoms with Gasteiger partial charge in [-0.15, -0.1) is 11.8 Å². The summed E-state index contributed by atoms with van der Waals surface area (Å²) in [6.45, 7) is 14.1. The third-order valence-corrected chi connectivity index (χ3v) is 7.40. The predicted molar refractivity (Wildman–Crippen MR) is 156 cm³/mol. The lowest BCUT2D eigenvalue weighted by Crippen LogP contribution is -2.40. The number of fused-ring (bicyclic) bond motifs is 1. The highest BCUT2D eigenvalue weighted by molar-refractivity contribution is 8.03. The van der Waals surface area contributed by atoms with Gasteiger partial charge in [-0.05, 0) is 72.9 Å². The van der Waals surface area contributed by atoms with E-state index >= 15 is 0 Å². The van der Waals surface area contributed by atoms with E-state index in [1.807, 2.05) is 6.07 Å². The van der Waals surface area contributed by atoms with Crippen molar-refractivity contribution in [2.24, 2.45) is 10.9 Å². The zero-order chi connectivity index (χ0) is 25.7. The largest absolute Gasteiger partial charge is 0.370 e. The first-order valence-corrected chi connectivity index (χ1v) is 13.8. The number of carbonyl (C=O) groups excluding carboxylic acids is 1. The summed E-state index contributed by atoms with van der Waals surface area (Å²) in [6.07, 6.45) is 13.3. The van der Waals surface area contributed by atoms with Crippen molar-refractivity contribution >= 4 is 40.7 Å². The molecule has 36 heavy (non-hydrogen) atoms. The lowest BCUT2D eigenvalue weighted by Gasteiger charge is -2.29. The number of hydrogen-bond acceptors (Lipinski definition) is 6. The summed E-state index contributed by atoms with van der Waals surface area (Å²) in [5, 5.41) is 12.3. The molecule has 2 aliphatic heterocycles. The minimum Gasteiger partial charge on any atom is -0.370 e. The van der Waals surface area contributed by atoms with E-state index in [4.69, 9.17) is 4.99 Å². The predicted octanol–water partition coefficient (Wildman–Crippen LogP) is 6.48. The monoisotopic (exact) mass is 503 g/mol. The SMILES string of the molecule is C=CC(=O)Nc1cc(NC2=NC(C3=CC[C@H](C)C=C3)=C3C=CSC3N2)c(C)cc1N(CCC)CCC. The van der Waals surface area contributed by atoms with Gasteiger partial charge in [0.15, 0.2) is 0 Å². The van der Waals surface area contributed by atoms with Gasteiger partial charge >= 0.3 is 0 Å². The van der Waals surface area contributed by atoms with Crippen LogP contribution in [-0.4, -0.2) is 30.3 Å². The van der Waals surface area contributed by atoms with Gasteiger partial charge in [-0.25, -0.2) is 4.99 Å². The lowest BCUT2D eigenvalue weighted by molar-refractivity contribution is -0.111. The zero-order valence-electron chi connectivity index (χ0n) is 21.7. The number of aliphatic imine (C=N–C) groups is 1. The number of guanidine groups is 1. The highest BCUT2D eigenvalue weighted by Crippen LogP contribution is 2.37. The van der Waals surface area contributed by atoms with Gasteiger partial charge in [0.05, 0.1) is 17.1 Å². The first kappa shape index (κ1) is 25.9. The van der Waals surface area contributed by atoms with E-state index in [0.717, 1.165) is 60.7 Å². The van der Waals surface area contributed by atoms with Crippen LogP contribution in [0.25, 0.3) is 0 Å². The molecular formula is C29H37N5OS. The molecule has 0 bridgehead atoms. The van der Waals surface area contributed by atoms with Crippen LogP contribution in [-0.2, 0) is 4.79 Å². The Bertz CT molecular complexity index is 1170. The van der Waals surface area contributed by atoms with Gasteiger partial charge in [0.1, 0.15) is 5.37 Å². The number of carbonyl (C=O) groups is 1. The van der Waals surface area contributed by atoms with Gasteiger partial charge in [0.25, 0.3) is 0 Å². The molecular weight excluding hydrogens is 466 g/mol. The summed E-state index contributed by atoms with van der Waals surface area (Å²) >= 11 is 1.75. The summed E-state index contributed by atoms with van der Waals surface area (Å²) < 4.78 is 0. The minimum absolute atomic E-state index is 0.123. The number of amides is 1. The molecule has 0 aromatic heterocycles. The molecule has 0 radical (unpaired) electrons. The van der Waals surface area contributed by atoms with E-state index < -0.39 is 0 Å². The van der Waals surface area contributed by atoms with E-state index in [0.29, 0.717) is 11.9 Å². The van der Waals surface area contributed by atoms with E-state index in [-0.39, 0.29) is 11.3 Å². The van der Waals surface area contributed by atoms with Crippen molar-refractivity contribution in [1.82, 2.24) is 5.32 Å². The van der Waals surface area contributed by atoms with Gasteiger partial charge in [-0.2, -0.15) is 0 Å². The molecule has 3 N–H and O–H groups in total. The first-order valence-electron chi connectivity index (χ1n) is 12.8. The zero-order valence-corrected chi connectivity index (χ0v) is 22.5. The smallest absolute Gasteiger partial charge is 0.247 e. The van der Waals surface area contributed by atoms with Crippen molar-refractivity contribution in [2.75, 3.05) is 28.6 Å². The van der Waals surface area contributed by atoms with Crippen LogP contribution in [0.2, 0.25) is 0 Å². The van der Waals surface area contributed by atoms with Gasteiger partial charge < -0.3 is 20.9 Å². The van der Waals surface area contributed by atoms with Gasteiger partial charge in [-0.1, -0.05) is 45.6 Å². The third-order valence-electron chi connectivity index (χ3n) is 6.46. The average molecular weight is 504 g/mol. The molecule has 0 saturated heterocycles. The van der Waals surface area contributed by atoms with E-state index in [9.17, 15) is 4.79 Å². The molecule has 1 aromatic rings. The van der Waals surface area contributed by atoms with Crippen LogP contribution in [0.1, 0.15) is 45.6 Å². The number of allylic oxidation sites excluding steroid dienone is 3. The van der Waals surface area contributed by atoms with Crippen molar-refractivity contribution in [1.29, 1.82) is 0 Å². The van der Waals surface area contributed by atoms with Gasteiger partial charge in [0.2, 0.25) is 11.9 Å². The molecule has 2 atom stereocenters. The molecule has 1 aliphatic carbocycles. The Morgan fingerprint density at radius 2 is 2.03 bits per heavy atom. The summed E-state index contributed by atoms with van der Waals surface area (Å²) in [6, 6.07) is 4.16. The maximum atomic E-state index is 12.3. The normalized spacial score (nSPS) is 20.3. The summed E-state index contributed by atoms with van der Waals surface area (Å²) in [7, 11) is 0. The van der Waals surface area contributed by atoms with Crippen molar-refractivity contribution in [3.63, 3.8) is 0 Å². The number of aryl methyl sites for hydroxylation is 1. The standard InChI is InChI=1S/C29H37N5OS/c1-6-14-34(15-7-2)25-17-20(5)23(18-24(25)30-26(35)8-3)31-29-32-27(21-11-9-19(4)10-12-21)22-13-16-36-28(22)33-29/h8-9,11-13,16-19,28H,3,6-7,10,14-15H2,1-2,4-5H3,(H,30,35)(H2,31,32,33)/t19-,28?/m1/s1. The van der Waals surface area contributed by atoms with Crippen LogP contribution in [0.5, 0.6) is 0 Å². The molecule has 0 saturated carbocycles. The fourth-order valence-corrected chi connectivity index (χ4v) is 5.49. The highest BCUT2D eigenvalue weighted by Gasteiger charge is 2.28. The number of nitrogens with one attached hydrogen (secondary N) is 3. The molecule has 190 valence electrons. The molecule has 1 amide bonds. The van der Waals surface area contributed by atoms with Crippen molar-refractivity contribution < 1.29 is 4.79 Å². The molecule has 3 aliphatic rings. The Labute approximate surface area is 219 Å². The second-order valence-corrected chi connectivity index (χ2v) is 10.5. The molecule has 0 fully saturated rings. The van der Waals surface area contributed by atoms with Crippen LogP contribution in [0.3, 0.4) is 0 Å². The number of benzene rings is 1. The third kappa shape index (κ3) is 5.78. The fraction of sp³-hybridized carbons (Fsp3) is 0.379. The molecule has 6 nitrogen and oxygen atoms in total. The Kier molecular flexibility index (Phi) is 8.41. The topological polar surface area (TPSA) is 68.8 Å². The van der Waals surface area contributed by atoms with Crippen molar-refractivity contribution in [3.8, 4) is 0 Å². The quantitative estimate of drug-likeness (QED) is 0.337. The Morgan fingerprint density at radius 3 is 2.69 bits per heavy atom. The minimum atomic E-state index is -0.222. The lowest BCUT2D eigenvalue weighted by atomic mass is 9.94. The number of thioether (sulfide) groups is 1. The molecule has 1 aromatic carbocycles. The molecule has 2 heterocycles. The van der Waals surface area contributed by atoms with E-state index in [1.54, 1.807) is 11.8 Å². The highest BCUT2D eigenvalue weighted by atomic mass is 32.2. The van der Waals surface area contributed by atoms with Crippen LogP contribution in [0.15, 0.2) is 76.3 Å². The Balaban J connectivity index is 1.68. The molecule has 0 spiro atoms. The Hall–Kier alpha value is -3.19. The van der Waals surface area contributed by atoms with Gasteiger partial charge in [-0.3, -0.25) is 4.79 Å². The maximum Gasteiger partial charge on any atom is 0.247 e. The number of rotatable bonds is 9. The maximum absolute atomic E-state index is 12.3. The van der Waals surface area contributed by atoms with Crippen LogP contribution >= 0.6 is 11.8 Å². The number of nitrogens with zero attached hydrogens (tertiary/aromatic N) is 2. The van der Waals surface area contributed by atoms with Gasteiger partial charge in [0, 0.05) is 24.4 Å².